The van der Waals surface area contributed by atoms with Gasteiger partial charge in [0.25, 0.3) is 0 Å². The largest absolute Gasteiger partial charge is 0.414 e. The third-order valence-corrected chi connectivity index (χ3v) is 13.5. The van der Waals surface area contributed by atoms with Crippen LogP contribution in [0.2, 0.25) is 18.1 Å². The van der Waals surface area contributed by atoms with E-state index in [4.69, 9.17) is 4.43 Å². The van der Waals surface area contributed by atoms with Gasteiger partial charge in [0, 0.05) is 10.5 Å². The van der Waals surface area contributed by atoms with Crippen molar-refractivity contribution in [1.82, 2.24) is 0 Å². The third-order valence-electron chi connectivity index (χ3n) is 7.40. The fourth-order valence-corrected chi connectivity index (χ4v) is 9.20. The van der Waals surface area contributed by atoms with Crippen molar-refractivity contribution in [3.63, 3.8) is 0 Å². The molecule has 0 radical (unpaired) electrons. The van der Waals surface area contributed by atoms with Crippen molar-refractivity contribution in [3.05, 3.63) is 0 Å². The van der Waals surface area contributed by atoms with Gasteiger partial charge in [-0.2, -0.15) is 0 Å². The predicted molar refractivity (Wildman–Crippen MR) is 108 cm³/mol. The van der Waals surface area contributed by atoms with Crippen LogP contribution in [0.4, 0.5) is 0 Å². The Balaban J connectivity index is 2.16. The van der Waals surface area contributed by atoms with Gasteiger partial charge < -0.3 is 4.43 Å². The van der Waals surface area contributed by atoms with Gasteiger partial charge >= 0.3 is 0 Å². The zero-order valence-electron chi connectivity index (χ0n) is 15.5. The predicted octanol–water partition coefficient (Wildman–Crippen LogP) is 6.66. The zero-order chi connectivity index (χ0) is 16.4. The fourth-order valence-electron chi connectivity index (χ4n) is 5.66. The van der Waals surface area contributed by atoms with Gasteiger partial charge in [0.05, 0.1) is 0 Å². The minimum absolute atomic E-state index is 0.558. The summed E-state index contributed by atoms with van der Waals surface area (Å²) < 4.78 is 8.32. The number of rotatable bonds is 7. The van der Waals surface area contributed by atoms with Crippen LogP contribution in [0.3, 0.4) is 0 Å². The Bertz CT molecular complexity index is 349. The van der Waals surface area contributed by atoms with Crippen molar-refractivity contribution in [3.8, 4) is 0 Å². The van der Waals surface area contributed by atoms with Gasteiger partial charge in [-0.1, -0.05) is 63.6 Å². The molecule has 2 aliphatic rings. The molecule has 2 rings (SSSR count). The zero-order valence-corrected chi connectivity index (χ0v) is 18.6. The molecule has 130 valence electrons. The Hall–Kier alpha value is 0.907. The molecule has 2 aliphatic carbocycles. The summed E-state index contributed by atoms with van der Waals surface area (Å²) in [4.78, 5) is 0. The molecule has 2 saturated carbocycles. The molecule has 0 aromatic rings. The van der Waals surface area contributed by atoms with Gasteiger partial charge in [-0.15, -0.1) is 0 Å². The van der Waals surface area contributed by atoms with E-state index in [-0.39, 0.29) is 0 Å². The summed E-state index contributed by atoms with van der Waals surface area (Å²) in [6, 6.07) is 3.90. The topological polar surface area (TPSA) is 9.23 Å². The van der Waals surface area contributed by atoms with Crippen LogP contribution >= 0.6 is 22.6 Å². The van der Waals surface area contributed by atoms with E-state index >= 15 is 0 Å². The maximum Gasteiger partial charge on any atom is 0.192 e. The number of fused-ring (bicyclic) bond motifs is 1. The van der Waals surface area contributed by atoms with Crippen LogP contribution in [0.5, 0.6) is 0 Å². The lowest BCUT2D eigenvalue weighted by Gasteiger charge is -2.48. The van der Waals surface area contributed by atoms with Crippen LogP contribution < -0.4 is 0 Å². The van der Waals surface area contributed by atoms with E-state index in [0.717, 1.165) is 17.8 Å². The molecular formula is C19H37IOSi. The molecule has 2 fully saturated rings. The number of halogens is 1. The van der Waals surface area contributed by atoms with Crippen molar-refractivity contribution in [2.24, 2.45) is 23.2 Å². The average molecular weight is 436 g/mol. The van der Waals surface area contributed by atoms with Crippen LogP contribution in [0.1, 0.15) is 66.7 Å². The summed E-state index contributed by atoms with van der Waals surface area (Å²) in [5, 5.41) is 0. The first kappa shape index (κ1) is 19.2. The minimum atomic E-state index is -1.46. The first-order valence-electron chi connectivity index (χ1n) is 9.70. The lowest BCUT2D eigenvalue weighted by molar-refractivity contribution is -0.0169. The first-order valence-corrected chi connectivity index (χ1v) is 13.8. The monoisotopic (exact) mass is 436 g/mol. The molecule has 0 aromatic heterocycles. The second-order valence-electron chi connectivity index (χ2n) is 8.22. The number of hydrogen-bond acceptors (Lipinski definition) is 1. The molecule has 0 spiro atoms. The lowest BCUT2D eigenvalue weighted by atomic mass is 9.62. The van der Waals surface area contributed by atoms with Gasteiger partial charge in [0.1, 0.15) is 0 Å². The molecule has 0 bridgehead atoms. The first-order chi connectivity index (χ1) is 10.5. The summed E-state index contributed by atoms with van der Waals surface area (Å²) in [6.07, 6.45) is 7.63. The van der Waals surface area contributed by atoms with Crippen molar-refractivity contribution in [2.75, 3.05) is 4.43 Å². The van der Waals surface area contributed by atoms with E-state index < -0.39 is 8.32 Å². The third kappa shape index (κ3) is 3.46. The van der Waals surface area contributed by atoms with E-state index in [9.17, 15) is 0 Å². The van der Waals surface area contributed by atoms with Crippen molar-refractivity contribution < 1.29 is 4.43 Å². The van der Waals surface area contributed by atoms with Crippen molar-refractivity contribution in [1.29, 1.82) is 0 Å². The molecule has 0 aromatic carbocycles. The summed E-state index contributed by atoms with van der Waals surface area (Å²) in [7, 11) is -1.46. The fraction of sp³-hybridized carbons (Fsp3) is 1.00. The van der Waals surface area contributed by atoms with Crippen molar-refractivity contribution >= 4 is 30.9 Å². The quantitative estimate of drug-likeness (QED) is 0.246. The highest BCUT2D eigenvalue weighted by Gasteiger charge is 2.53. The summed E-state index contributed by atoms with van der Waals surface area (Å²) in [5.74, 6) is 2.65. The normalized spacial score (nSPS) is 37.1. The highest BCUT2D eigenvalue weighted by Crippen LogP contribution is 2.58. The SMILES string of the molecule is CC[Si](CC)(CC)OC1CCC[C@]2(C)[C@@H]([C@H](C)CI)CC[C@@H]12. The standard InChI is InChI=1S/C19H37IOSi/c1-6-22(7-2,8-3)21-18-10-9-13-19(5)16(15(4)14-20)11-12-17(18)19/h15-18H,6-14H2,1-5H3/t15-,16-,17+,18?,19-/m1/s1. The van der Waals surface area contributed by atoms with Crippen molar-refractivity contribution in [2.45, 2.75) is 91.0 Å². The Morgan fingerprint density at radius 1 is 1.14 bits per heavy atom. The highest BCUT2D eigenvalue weighted by atomic mass is 127. The van der Waals surface area contributed by atoms with Crippen LogP contribution in [0.25, 0.3) is 0 Å². The average Bonchev–Trinajstić information content (AvgIpc) is 2.90. The van der Waals surface area contributed by atoms with E-state index in [1.165, 1.54) is 54.7 Å². The molecule has 5 atom stereocenters. The molecule has 1 nitrogen and oxygen atoms in total. The minimum Gasteiger partial charge on any atom is -0.414 e. The Labute approximate surface area is 153 Å². The molecule has 0 N–H and O–H groups in total. The molecule has 0 heterocycles. The molecule has 22 heavy (non-hydrogen) atoms. The Kier molecular flexibility index (Phi) is 6.87. The van der Waals surface area contributed by atoms with Crippen LogP contribution in [-0.2, 0) is 4.43 Å². The van der Waals surface area contributed by atoms with E-state index in [0.29, 0.717) is 11.5 Å². The maximum absolute atomic E-state index is 7.00. The van der Waals surface area contributed by atoms with Gasteiger partial charge in [-0.05, 0) is 67.0 Å². The molecule has 0 amide bonds. The van der Waals surface area contributed by atoms with Gasteiger partial charge in [-0.25, -0.2) is 0 Å². The van der Waals surface area contributed by atoms with Crippen LogP contribution in [0, 0.1) is 23.2 Å². The summed E-state index contributed by atoms with van der Waals surface area (Å²) in [6.45, 7) is 12.2. The number of alkyl halides is 1. The Morgan fingerprint density at radius 3 is 2.32 bits per heavy atom. The second-order valence-corrected chi connectivity index (χ2v) is 13.8. The highest BCUT2D eigenvalue weighted by molar-refractivity contribution is 14.1. The van der Waals surface area contributed by atoms with E-state index in [1.54, 1.807) is 0 Å². The second kappa shape index (κ2) is 7.86. The molecule has 0 aliphatic heterocycles. The molecular weight excluding hydrogens is 399 g/mol. The molecule has 3 heteroatoms. The van der Waals surface area contributed by atoms with E-state index in [1.807, 2.05) is 0 Å². The molecule has 0 saturated heterocycles. The van der Waals surface area contributed by atoms with Crippen LogP contribution in [0.15, 0.2) is 0 Å². The smallest absolute Gasteiger partial charge is 0.192 e. The van der Waals surface area contributed by atoms with E-state index in [2.05, 4.69) is 57.2 Å². The van der Waals surface area contributed by atoms with Gasteiger partial charge in [-0.3, -0.25) is 0 Å². The summed E-state index contributed by atoms with van der Waals surface area (Å²) >= 11 is 2.59. The van der Waals surface area contributed by atoms with Gasteiger partial charge in [0.2, 0.25) is 0 Å². The molecule has 1 unspecified atom stereocenters. The summed E-state index contributed by atoms with van der Waals surface area (Å²) in [5.41, 5.74) is 0.558. The number of hydrogen-bond donors (Lipinski definition) is 0. The van der Waals surface area contributed by atoms with Crippen LogP contribution in [-0.4, -0.2) is 18.8 Å². The van der Waals surface area contributed by atoms with Gasteiger partial charge in [0.15, 0.2) is 8.32 Å². The lowest BCUT2D eigenvalue weighted by Crippen LogP contribution is -2.48. The Morgan fingerprint density at radius 2 is 1.77 bits per heavy atom. The maximum atomic E-state index is 7.00.